The number of nitrogens with zero attached hydrogens (tertiary/aromatic N) is 5. The summed E-state index contributed by atoms with van der Waals surface area (Å²) in [7, 11) is 1.89. The molecule has 0 N–H and O–H groups in total. The lowest BCUT2D eigenvalue weighted by Gasteiger charge is -2.34. The maximum Gasteiger partial charge on any atom is 0.224 e. The molecule has 1 aromatic heterocycles. The van der Waals surface area contributed by atoms with Crippen LogP contribution in [0.1, 0.15) is 24.8 Å². The fraction of sp³-hybridized carbons (Fsp3) is 0.550. The number of piperidine rings is 1. The Morgan fingerprint density at radius 1 is 1.30 bits per heavy atom. The van der Waals surface area contributed by atoms with Crippen LogP contribution in [0.4, 0.5) is 4.39 Å². The van der Waals surface area contributed by atoms with Gasteiger partial charge in [0, 0.05) is 26.6 Å². The van der Waals surface area contributed by atoms with Gasteiger partial charge in [0.15, 0.2) is 0 Å². The number of aromatic nitrogens is 3. The van der Waals surface area contributed by atoms with E-state index in [4.69, 9.17) is 0 Å². The molecule has 0 saturated carbocycles. The van der Waals surface area contributed by atoms with Crippen molar-refractivity contribution in [2.45, 2.75) is 32.2 Å². The third-order valence-electron chi connectivity index (χ3n) is 5.29. The van der Waals surface area contributed by atoms with E-state index in [0.29, 0.717) is 18.9 Å². The van der Waals surface area contributed by atoms with Gasteiger partial charge in [-0.3, -0.25) is 9.48 Å². The highest BCUT2D eigenvalue weighted by Crippen LogP contribution is 2.19. The van der Waals surface area contributed by atoms with Gasteiger partial charge < -0.3 is 9.80 Å². The van der Waals surface area contributed by atoms with Crippen molar-refractivity contribution in [3.8, 4) is 0 Å². The molecular weight excluding hydrogens is 345 g/mol. The van der Waals surface area contributed by atoms with E-state index in [-0.39, 0.29) is 11.7 Å². The Morgan fingerprint density at radius 3 is 2.81 bits per heavy atom. The molecule has 27 heavy (non-hydrogen) atoms. The minimum absolute atomic E-state index is 0.152. The molecule has 2 heterocycles. The van der Waals surface area contributed by atoms with Crippen molar-refractivity contribution in [1.29, 1.82) is 0 Å². The number of rotatable bonds is 8. The SMILES string of the molecule is CN(CC1CCN(CCc2cccc(F)c2)CC1)C(=O)CCn1cncn1. The van der Waals surface area contributed by atoms with Crippen LogP contribution in [0.2, 0.25) is 0 Å². The van der Waals surface area contributed by atoms with E-state index in [9.17, 15) is 9.18 Å². The first-order valence-electron chi connectivity index (χ1n) is 9.63. The normalized spacial score (nSPS) is 15.8. The number of hydrogen-bond acceptors (Lipinski definition) is 4. The molecule has 1 aromatic carbocycles. The van der Waals surface area contributed by atoms with Gasteiger partial charge in [0.2, 0.25) is 5.91 Å². The van der Waals surface area contributed by atoms with Gasteiger partial charge >= 0.3 is 0 Å². The molecule has 1 aliphatic rings. The van der Waals surface area contributed by atoms with E-state index < -0.39 is 0 Å². The third-order valence-corrected chi connectivity index (χ3v) is 5.29. The molecule has 1 aliphatic heterocycles. The van der Waals surface area contributed by atoms with Crippen molar-refractivity contribution >= 4 is 5.91 Å². The van der Waals surface area contributed by atoms with Gasteiger partial charge in [0.25, 0.3) is 0 Å². The number of benzene rings is 1. The van der Waals surface area contributed by atoms with E-state index >= 15 is 0 Å². The van der Waals surface area contributed by atoms with Crippen molar-refractivity contribution in [3.05, 3.63) is 48.3 Å². The molecule has 146 valence electrons. The average molecular weight is 373 g/mol. The number of amides is 1. The summed E-state index contributed by atoms with van der Waals surface area (Å²) in [5, 5.41) is 4.02. The molecule has 0 bridgehead atoms. The Hall–Kier alpha value is -2.28. The highest BCUT2D eigenvalue weighted by molar-refractivity contribution is 5.75. The van der Waals surface area contributed by atoms with E-state index in [1.54, 1.807) is 23.1 Å². The number of aryl methyl sites for hydroxylation is 1. The topological polar surface area (TPSA) is 54.3 Å². The van der Waals surface area contributed by atoms with E-state index in [2.05, 4.69) is 15.0 Å². The fourth-order valence-corrected chi connectivity index (χ4v) is 3.61. The van der Waals surface area contributed by atoms with Gasteiger partial charge in [-0.2, -0.15) is 5.10 Å². The number of likely N-dealkylation sites (tertiary alicyclic amines) is 1. The van der Waals surface area contributed by atoms with Crippen LogP contribution in [-0.2, 0) is 17.8 Å². The van der Waals surface area contributed by atoms with Crippen LogP contribution in [0.25, 0.3) is 0 Å². The predicted molar refractivity (Wildman–Crippen MR) is 102 cm³/mol. The zero-order valence-corrected chi connectivity index (χ0v) is 15.9. The second-order valence-electron chi connectivity index (χ2n) is 7.35. The van der Waals surface area contributed by atoms with Crippen LogP contribution >= 0.6 is 0 Å². The molecule has 1 amide bonds. The van der Waals surface area contributed by atoms with E-state index in [1.807, 2.05) is 18.0 Å². The number of halogens is 1. The number of carbonyl (C=O) groups excluding carboxylic acids is 1. The molecule has 6 nitrogen and oxygen atoms in total. The summed E-state index contributed by atoms with van der Waals surface area (Å²) in [5.74, 6) is 0.539. The summed E-state index contributed by atoms with van der Waals surface area (Å²) in [6, 6.07) is 6.85. The summed E-state index contributed by atoms with van der Waals surface area (Å²) in [4.78, 5) is 20.5. The lowest BCUT2D eigenvalue weighted by Crippen LogP contribution is -2.40. The Labute approximate surface area is 160 Å². The van der Waals surface area contributed by atoms with Gasteiger partial charge in [0.05, 0.1) is 6.54 Å². The van der Waals surface area contributed by atoms with Crippen molar-refractivity contribution in [1.82, 2.24) is 24.6 Å². The largest absolute Gasteiger partial charge is 0.345 e. The molecule has 0 atom stereocenters. The molecule has 0 aliphatic carbocycles. The van der Waals surface area contributed by atoms with Crippen LogP contribution in [0.15, 0.2) is 36.9 Å². The summed E-state index contributed by atoms with van der Waals surface area (Å²) in [5.41, 5.74) is 1.05. The molecule has 7 heteroatoms. The maximum absolute atomic E-state index is 13.3. The molecule has 1 saturated heterocycles. The van der Waals surface area contributed by atoms with Crippen molar-refractivity contribution in [3.63, 3.8) is 0 Å². The smallest absolute Gasteiger partial charge is 0.224 e. The first kappa shape index (κ1) is 19.5. The fourth-order valence-electron chi connectivity index (χ4n) is 3.61. The lowest BCUT2D eigenvalue weighted by molar-refractivity contribution is -0.131. The number of carbonyl (C=O) groups is 1. The maximum atomic E-state index is 13.3. The second kappa shape index (κ2) is 9.60. The third kappa shape index (κ3) is 6.13. The first-order valence-corrected chi connectivity index (χ1v) is 9.63. The molecule has 0 unspecified atom stereocenters. The molecule has 1 fully saturated rings. The van der Waals surface area contributed by atoms with Crippen molar-refractivity contribution in [2.24, 2.45) is 5.92 Å². The van der Waals surface area contributed by atoms with Crippen LogP contribution in [-0.4, -0.2) is 63.7 Å². The van der Waals surface area contributed by atoms with E-state index in [1.165, 1.54) is 12.4 Å². The summed E-state index contributed by atoms with van der Waals surface area (Å²) in [6.45, 7) is 4.43. The highest BCUT2D eigenvalue weighted by atomic mass is 19.1. The minimum Gasteiger partial charge on any atom is -0.345 e. The standard InChI is InChI=1S/C20H28FN5O/c1-24(20(27)8-12-26-16-22-15-23-26)14-18-6-10-25(11-7-18)9-5-17-3-2-4-19(21)13-17/h2-4,13,15-16,18H,5-12,14H2,1H3. The highest BCUT2D eigenvalue weighted by Gasteiger charge is 2.21. The van der Waals surface area contributed by atoms with Gasteiger partial charge in [-0.25, -0.2) is 9.37 Å². The minimum atomic E-state index is -0.164. The van der Waals surface area contributed by atoms with Gasteiger partial charge in [0.1, 0.15) is 18.5 Å². The second-order valence-corrected chi connectivity index (χ2v) is 7.35. The van der Waals surface area contributed by atoms with E-state index in [0.717, 1.165) is 51.0 Å². The average Bonchev–Trinajstić information content (AvgIpc) is 3.19. The number of hydrogen-bond donors (Lipinski definition) is 0. The van der Waals surface area contributed by atoms with Crippen LogP contribution in [0, 0.1) is 11.7 Å². The lowest BCUT2D eigenvalue weighted by atomic mass is 9.96. The molecule has 2 aromatic rings. The zero-order valence-electron chi connectivity index (χ0n) is 15.9. The molecule has 0 spiro atoms. The molecule has 3 rings (SSSR count). The predicted octanol–water partition coefficient (Wildman–Crippen LogP) is 2.22. The monoisotopic (exact) mass is 373 g/mol. The van der Waals surface area contributed by atoms with Crippen LogP contribution in [0.3, 0.4) is 0 Å². The molecular formula is C20H28FN5O. The quantitative estimate of drug-likeness (QED) is 0.712. The Morgan fingerprint density at radius 2 is 2.11 bits per heavy atom. The first-order chi connectivity index (χ1) is 13.1. The van der Waals surface area contributed by atoms with Gasteiger partial charge in [-0.15, -0.1) is 0 Å². The van der Waals surface area contributed by atoms with Gasteiger partial charge in [-0.05, 0) is 56.0 Å². The summed E-state index contributed by atoms with van der Waals surface area (Å²) < 4.78 is 14.9. The van der Waals surface area contributed by atoms with Crippen molar-refractivity contribution < 1.29 is 9.18 Å². The Balaban J connectivity index is 1.34. The summed E-state index contributed by atoms with van der Waals surface area (Å²) >= 11 is 0. The zero-order chi connectivity index (χ0) is 19.1. The van der Waals surface area contributed by atoms with Gasteiger partial charge in [-0.1, -0.05) is 12.1 Å². The Kier molecular flexibility index (Phi) is 6.92. The molecule has 0 radical (unpaired) electrons. The van der Waals surface area contributed by atoms with Crippen molar-refractivity contribution in [2.75, 3.05) is 33.2 Å². The van der Waals surface area contributed by atoms with Crippen LogP contribution in [0.5, 0.6) is 0 Å². The summed E-state index contributed by atoms with van der Waals surface area (Å²) in [6.07, 6.45) is 6.65. The van der Waals surface area contributed by atoms with Crippen LogP contribution < -0.4 is 0 Å². The Bertz CT molecular complexity index is 713.